The number of ether oxygens (including phenoxy) is 4. The van der Waals surface area contributed by atoms with E-state index in [1.807, 2.05) is 43.3 Å². The molecule has 1 aromatic heterocycles. The first kappa shape index (κ1) is 22.5. The Hall–Kier alpha value is -3.16. The summed E-state index contributed by atoms with van der Waals surface area (Å²) in [6.45, 7) is 3.04. The highest BCUT2D eigenvalue weighted by molar-refractivity contribution is 5.99. The summed E-state index contributed by atoms with van der Waals surface area (Å²) in [4.78, 5) is 16.4. The molecule has 0 aliphatic carbocycles. The molecule has 2 aromatic carbocycles. The van der Waals surface area contributed by atoms with E-state index in [0.29, 0.717) is 31.1 Å². The fourth-order valence-electron chi connectivity index (χ4n) is 3.62. The van der Waals surface area contributed by atoms with Gasteiger partial charge in [-0.25, -0.2) is 0 Å². The molecule has 3 rings (SSSR count). The molecular weight excluding hydrogens is 396 g/mol. The largest absolute Gasteiger partial charge is 0.496 e. The Balaban J connectivity index is 2.15. The van der Waals surface area contributed by atoms with Crippen molar-refractivity contribution in [1.29, 1.82) is 0 Å². The number of nitrogens with two attached hydrogens (primary N) is 1. The Morgan fingerprint density at radius 3 is 2.42 bits per heavy atom. The molecule has 1 atom stereocenters. The van der Waals surface area contributed by atoms with Gasteiger partial charge >= 0.3 is 5.97 Å². The smallest absolute Gasteiger partial charge is 0.322 e. The average Bonchev–Trinajstić information content (AvgIpc) is 2.81. The monoisotopic (exact) mass is 424 g/mol. The van der Waals surface area contributed by atoms with E-state index >= 15 is 0 Å². The highest BCUT2D eigenvalue weighted by Gasteiger charge is 2.21. The van der Waals surface area contributed by atoms with Gasteiger partial charge in [0.05, 0.1) is 39.0 Å². The number of hydrogen-bond acceptors (Lipinski definition) is 7. The summed E-state index contributed by atoms with van der Waals surface area (Å²) in [6.07, 6.45) is 2.08. The van der Waals surface area contributed by atoms with Crippen LogP contribution in [0.2, 0.25) is 0 Å². The van der Waals surface area contributed by atoms with Crippen molar-refractivity contribution >= 4 is 16.9 Å². The van der Waals surface area contributed by atoms with Gasteiger partial charge in [0.1, 0.15) is 17.5 Å². The molecule has 7 nitrogen and oxygen atoms in total. The number of nitrogens with zero attached hydrogens (tertiary/aromatic N) is 1. The van der Waals surface area contributed by atoms with E-state index in [9.17, 15) is 4.79 Å². The minimum atomic E-state index is -0.749. The third kappa shape index (κ3) is 4.78. The Kier molecular flexibility index (Phi) is 7.44. The first-order chi connectivity index (χ1) is 15.0. The molecule has 0 aliphatic heterocycles. The highest BCUT2D eigenvalue weighted by atomic mass is 16.5. The summed E-state index contributed by atoms with van der Waals surface area (Å²) in [6, 6.07) is 10.9. The van der Waals surface area contributed by atoms with Gasteiger partial charge in [-0.2, -0.15) is 0 Å². The van der Waals surface area contributed by atoms with Gasteiger partial charge in [-0.05, 0) is 42.7 Å². The lowest BCUT2D eigenvalue weighted by molar-refractivity contribution is -0.142. The molecule has 2 N–H and O–H groups in total. The number of carbonyl (C=O) groups is 1. The van der Waals surface area contributed by atoms with Gasteiger partial charge in [-0.15, -0.1) is 0 Å². The quantitative estimate of drug-likeness (QED) is 0.526. The molecule has 0 saturated heterocycles. The number of esters is 1. The number of pyridine rings is 1. The lowest BCUT2D eigenvalue weighted by Crippen LogP contribution is -2.33. The minimum Gasteiger partial charge on any atom is -0.496 e. The first-order valence-corrected chi connectivity index (χ1v) is 10.1. The fraction of sp³-hybridized carbons (Fsp3) is 0.333. The van der Waals surface area contributed by atoms with E-state index in [-0.39, 0.29) is 0 Å². The zero-order valence-corrected chi connectivity index (χ0v) is 18.3. The van der Waals surface area contributed by atoms with E-state index in [4.69, 9.17) is 24.7 Å². The number of rotatable bonds is 9. The van der Waals surface area contributed by atoms with Gasteiger partial charge in [-0.1, -0.05) is 18.2 Å². The van der Waals surface area contributed by atoms with Crippen LogP contribution in [0.5, 0.6) is 11.5 Å². The molecule has 31 heavy (non-hydrogen) atoms. The summed E-state index contributed by atoms with van der Waals surface area (Å²) in [5, 5.41) is 0.904. The molecule has 0 spiro atoms. The van der Waals surface area contributed by atoms with E-state index < -0.39 is 12.0 Å². The van der Waals surface area contributed by atoms with Crippen molar-refractivity contribution in [3.05, 3.63) is 53.7 Å². The lowest BCUT2D eigenvalue weighted by atomic mass is 9.94. The molecule has 7 heteroatoms. The molecular formula is C24H28N2O5. The summed E-state index contributed by atoms with van der Waals surface area (Å²) in [7, 11) is 4.59. The molecule has 0 unspecified atom stereocenters. The molecule has 0 radical (unpaired) electrons. The van der Waals surface area contributed by atoms with E-state index in [1.165, 1.54) is 7.11 Å². The molecule has 0 bridgehead atoms. The molecule has 164 valence electrons. The van der Waals surface area contributed by atoms with Crippen LogP contribution in [-0.2, 0) is 27.3 Å². The van der Waals surface area contributed by atoms with Crippen molar-refractivity contribution in [3.63, 3.8) is 0 Å². The third-order valence-electron chi connectivity index (χ3n) is 5.11. The zero-order chi connectivity index (χ0) is 22.4. The number of fused-ring (bicyclic) bond motifs is 1. The van der Waals surface area contributed by atoms with Crippen molar-refractivity contribution in [3.8, 4) is 22.6 Å². The van der Waals surface area contributed by atoms with Crippen LogP contribution in [0.4, 0.5) is 0 Å². The first-order valence-electron chi connectivity index (χ1n) is 10.1. The van der Waals surface area contributed by atoms with Gasteiger partial charge in [-0.3, -0.25) is 9.78 Å². The van der Waals surface area contributed by atoms with Gasteiger partial charge in [0.15, 0.2) is 0 Å². The maximum Gasteiger partial charge on any atom is 0.322 e. The molecule has 0 saturated carbocycles. The maximum atomic E-state index is 11.8. The SMILES string of the molecule is CCOCc1cc(OC)c(-c2ccc(C[C@H](N)C(=O)OC)c3cccnc23)c(OC)c1. The summed E-state index contributed by atoms with van der Waals surface area (Å²) in [5.74, 6) is 0.884. The summed E-state index contributed by atoms with van der Waals surface area (Å²) < 4.78 is 21.7. The second-order valence-corrected chi connectivity index (χ2v) is 7.02. The van der Waals surface area contributed by atoms with Crippen LogP contribution in [0.15, 0.2) is 42.6 Å². The molecule has 0 amide bonds. The van der Waals surface area contributed by atoms with Crippen LogP contribution in [0.25, 0.3) is 22.0 Å². The van der Waals surface area contributed by atoms with Crippen molar-refractivity contribution < 1.29 is 23.7 Å². The van der Waals surface area contributed by atoms with Crippen LogP contribution in [0, 0.1) is 0 Å². The van der Waals surface area contributed by atoms with E-state index in [2.05, 4.69) is 4.98 Å². The number of benzene rings is 2. The molecule has 1 heterocycles. The number of carbonyl (C=O) groups excluding carboxylic acids is 1. The predicted molar refractivity (Wildman–Crippen MR) is 119 cm³/mol. The summed E-state index contributed by atoms with van der Waals surface area (Å²) >= 11 is 0. The van der Waals surface area contributed by atoms with Crippen molar-refractivity contribution in [1.82, 2.24) is 4.98 Å². The Bertz CT molecular complexity index is 1040. The van der Waals surface area contributed by atoms with E-state index in [1.54, 1.807) is 20.4 Å². The fourth-order valence-corrected chi connectivity index (χ4v) is 3.62. The second-order valence-electron chi connectivity index (χ2n) is 7.02. The molecule has 3 aromatic rings. The topological polar surface area (TPSA) is 92.9 Å². The van der Waals surface area contributed by atoms with Gasteiger partial charge < -0.3 is 24.7 Å². The standard InChI is InChI=1S/C24H28N2O5/c1-5-31-14-15-11-20(28-2)22(21(12-15)29-3)18-9-8-16(13-19(25)24(27)30-4)17-7-6-10-26-23(17)18/h6-12,19H,5,13-14,25H2,1-4H3/t19-/m0/s1. The second kappa shape index (κ2) is 10.2. The maximum absolute atomic E-state index is 11.8. The van der Waals surface area contributed by atoms with Crippen molar-refractivity contribution in [2.24, 2.45) is 5.73 Å². The number of hydrogen-bond donors (Lipinski definition) is 1. The van der Waals surface area contributed by atoms with Gasteiger partial charge in [0.25, 0.3) is 0 Å². The van der Waals surface area contributed by atoms with Crippen LogP contribution in [-0.4, -0.2) is 44.9 Å². The molecule has 0 aliphatic rings. The van der Waals surface area contributed by atoms with Gasteiger partial charge in [0, 0.05) is 23.8 Å². The third-order valence-corrected chi connectivity index (χ3v) is 5.11. The minimum absolute atomic E-state index is 0.344. The Morgan fingerprint density at radius 1 is 1.10 bits per heavy atom. The highest BCUT2D eigenvalue weighted by Crippen LogP contribution is 2.42. The summed E-state index contributed by atoms with van der Waals surface area (Å²) in [5.41, 5.74) is 10.3. The lowest BCUT2D eigenvalue weighted by Gasteiger charge is -2.18. The number of methoxy groups -OCH3 is 3. The Labute approximate surface area is 182 Å². The van der Waals surface area contributed by atoms with Crippen molar-refractivity contribution in [2.45, 2.75) is 26.0 Å². The normalized spacial score (nSPS) is 11.9. The average molecular weight is 424 g/mol. The van der Waals surface area contributed by atoms with Crippen LogP contribution < -0.4 is 15.2 Å². The number of aromatic nitrogens is 1. The predicted octanol–water partition coefficient (Wildman–Crippen LogP) is 3.50. The zero-order valence-electron chi connectivity index (χ0n) is 18.3. The van der Waals surface area contributed by atoms with E-state index in [0.717, 1.165) is 33.2 Å². The van der Waals surface area contributed by atoms with Crippen molar-refractivity contribution in [2.75, 3.05) is 27.9 Å². The van der Waals surface area contributed by atoms with Crippen LogP contribution in [0.3, 0.4) is 0 Å². The van der Waals surface area contributed by atoms with Gasteiger partial charge in [0.2, 0.25) is 0 Å². The molecule has 0 fully saturated rings. The Morgan fingerprint density at radius 2 is 1.81 bits per heavy atom. The van der Waals surface area contributed by atoms with Crippen LogP contribution in [0.1, 0.15) is 18.1 Å². The van der Waals surface area contributed by atoms with Crippen LogP contribution >= 0.6 is 0 Å².